The Kier molecular flexibility index (Phi) is 6.79. The third-order valence-corrected chi connectivity index (χ3v) is 3.48. The molecule has 0 radical (unpaired) electrons. The van der Waals surface area contributed by atoms with Gasteiger partial charge in [0, 0.05) is 11.3 Å². The third-order valence-electron chi connectivity index (χ3n) is 2.81. The minimum atomic E-state index is -0.298. The van der Waals surface area contributed by atoms with E-state index in [1.807, 2.05) is 13.8 Å². The molecule has 0 fully saturated rings. The van der Waals surface area contributed by atoms with Crippen LogP contribution in [0.3, 0.4) is 0 Å². The van der Waals surface area contributed by atoms with E-state index in [0.29, 0.717) is 5.88 Å². The van der Waals surface area contributed by atoms with Crippen molar-refractivity contribution in [2.24, 2.45) is 5.41 Å². The maximum Gasteiger partial charge on any atom is 0.227 e. The fourth-order valence-corrected chi connectivity index (χ4v) is 2.09. The Morgan fingerprint density at radius 3 is 2.08 bits per heavy atom. The van der Waals surface area contributed by atoms with Gasteiger partial charge in [-0.25, -0.2) is 0 Å². The molecule has 0 atom stereocenters. The Morgan fingerprint density at radius 2 is 1.77 bits per heavy atom. The molecule has 0 aromatic heterocycles. The highest BCUT2D eigenvalue weighted by atomic mass is 35.5. The lowest BCUT2D eigenvalue weighted by atomic mass is 9.79. The van der Waals surface area contributed by atoms with Gasteiger partial charge in [-0.3, -0.25) is 4.79 Å². The van der Waals surface area contributed by atoms with Crippen LogP contribution >= 0.6 is 23.2 Å². The van der Waals surface area contributed by atoms with Crippen molar-refractivity contribution in [3.05, 3.63) is 0 Å². The molecule has 0 saturated heterocycles. The third kappa shape index (κ3) is 3.86. The molecule has 13 heavy (non-hydrogen) atoms. The Labute approximate surface area is 90.8 Å². The first-order chi connectivity index (χ1) is 6.13. The first-order valence-corrected chi connectivity index (χ1v) is 5.80. The quantitative estimate of drug-likeness (QED) is 0.364. The molecule has 0 aromatic carbocycles. The van der Waals surface area contributed by atoms with Crippen LogP contribution in [0.5, 0.6) is 0 Å². The molecule has 0 aliphatic heterocycles. The summed E-state index contributed by atoms with van der Waals surface area (Å²) in [4.78, 5) is 11.3. The maximum atomic E-state index is 11.3. The van der Waals surface area contributed by atoms with Crippen LogP contribution in [0.4, 0.5) is 0 Å². The summed E-state index contributed by atoms with van der Waals surface area (Å²) in [6, 6.07) is 0. The monoisotopic (exact) mass is 224 g/mol. The van der Waals surface area contributed by atoms with Crippen LogP contribution in [0.15, 0.2) is 0 Å². The van der Waals surface area contributed by atoms with Gasteiger partial charge in [-0.15, -0.1) is 11.6 Å². The first kappa shape index (κ1) is 13.2. The number of halogens is 2. The van der Waals surface area contributed by atoms with Gasteiger partial charge in [0.1, 0.15) is 0 Å². The molecular formula is C10H18Cl2O. The minimum Gasteiger partial charge on any atom is -0.281 e. The summed E-state index contributed by atoms with van der Waals surface area (Å²) in [6.45, 7) is 4.04. The molecule has 3 heteroatoms. The molecule has 0 amide bonds. The van der Waals surface area contributed by atoms with Crippen molar-refractivity contribution in [1.29, 1.82) is 0 Å². The Balaban J connectivity index is 4.14. The summed E-state index contributed by atoms with van der Waals surface area (Å²) in [5.74, 6) is 0.667. The molecule has 0 spiro atoms. The summed E-state index contributed by atoms with van der Waals surface area (Å²) >= 11 is 11.2. The molecule has 0 aliphatic rings. The first-order valence-electron chi connectivity index (χ1n) is 4.89. The van der Waals surface area contributed by atoms with Crippen molar-refractivity contribution in [3.8, 4) is 0 Å². The summed E-state index contributed by atoms with van der Waals surface area (Å²) < 4.78 is 0. The number of unbranched alkanes of at least 4 members (excludes halogenated alkanes) is 1. The van der Waals surface area contributed by atoms with Crippen molar-refractivity contribution in [1.82, 2.24) is 0 Å². The summed E-state index contributed by atoms with van der Waals surface area (Å²) in [7, 11) is 0. The van der Waals surface area contributed by atoms with Crippen molar-refractivity contribution in [2.45, 2.75) is 46.0 Å². The molecular weight excluding hydrogens is 207 g/mol. The van der Waals surface area contributed by atoms with Crippen molar-refractivity contribution >= 4 is 28.4 Å². The van der Waals surface area contributed by atoms with E-state index in [9.17, 15) is 4.79 Å². The topological polar surface area (TPSA) is 17.1 Å². The molecule has 0 unspecified atom stereocenters. The molecule has 0 bridgehead atoms. The Bertz CT molecular complexity index is 153. The van der Waals surface area contributed by atoms with Gasteiger partial charge in [0.15, 0.2) is 0 Å². The second kappa shape index (κ2) is 6.67. The highest BCUT2D eigenvalue weighted by Gasteiger charge is 2.32. The van der Waals surface area contributed by atoms with E-state index in [4.69, 9.17) is 23.2 Å². The van der Waals surface area contributed by atoms with Gasteiger partial charge in [0.25, 0.3) is 0 Å². The lowest BCUT2D eigenvalue weighted by Gasteiger charge is -2.26. The number of hydrogen-bond donors (Lipinski definition) is 0. The summed E-state index contributed by atoms with van der Waals surface area (Å²) in [5.41, 5.74) is -0.298. The molecule has 1 nitrogen and oxygen atoms in total. The highest BCUT2D eigenvalue weighted by Crippen LogP contribution is 2.35. The SMILES string of the molecule is CCC(CC)(CCCCCl)C(=O)Cl. The fraction of sp³-hybridized carbons (Fsp3) is 0.900. The summed E-state index contributed by atoms with van der Waals surface area (Å²) in [6.07, 6.45) is 4.48. The van der Waals surface area contributed by atoms with Gasteiger partial charge in [-0.2, -0.15) is 0 Å². The van der Waals surface area contributed by atoms with Crippen LogP contribution in [0.1, 0.15) is 46.0 Å². The minimum absolute atomic E-state index is 0.188. The van der Waals surface area contributed by atoms with Crippen LogP contribution in [0.2, 0.25) is 0 Å². The van der Waals surface area contributed by atoms with Crippen LogP contribution in [-0.2, 0) is 4.79 Å². The number of carbonyl (C=O) groups excluding carboxylic acids is 1. The van der Waals surface area contributed by atoms with Crippen LogP contribution in [0, 0.1) is 5.41 Å². The van der Waals surface area contributed by atoms with E-state index in [1.54, 1.807) is 0 Å². The lowest BCUT2D eigenvalue weighted by Crippen LogP contribution is -2.26. The molecule has 0 N–H and O–H groups in total. The smallest absolute Gasteiger partial charge is 0.227 e. The van der Waals surface area contributed by atoms with E-state index < -0.39 is 0 Å². The van der Waals surface area contributed by atoms with E-state index in [0.717, 1.165) is 32.1 Å². The van der Waals surface area contributed by atoms with Gasteiger partial charge < -0.3 is 0 Å². The van der Waals surface area contributed by atoms with Crippen molar-refractivity contribution in [2.75, 3.05) is 5.88 Å². The van der Waals surface area contributed by atoms with Crippen LogP contribution in [0.25, 0.3) is 0 Å². The number of alkyl halides is 1. The lowest BCUT2D eigenvalue weighted by molar-refractivity contribution is -0.121. The van der Waals surface area contributed by atoms with E-state index in [1.165, 1.54) is 0 Å². The predicted molar refractivity (Wildman–Crippen MR) is 58.4 cm³/mol. The molecule has 0 heterocycles. The molecule has 78 valence electrons. The average Bonchev–Trinajstić information content (AvgIpc) is 2.13. The normalized spacial score (nSPS) is 11.7. The van der Waals surface area contributed by atoms with Crippen LogP contribution in [-0.4, -0.2) is 11.1 Å². The van der Waals surface area contributed by atoms with E-state index in [2.05, 4.69) is 0 Å². The van der Waals surface area contributed by atoms with Gasteiger partial charge in [0.2, 0.25) is 5.24 Å². The predicted octanol–water partition coefficient (Wildman–Crippen LogP) is 3.97. The number of carbonyl (C=O) groups is 1. The van der Waals surface area contributed by atoms with Crippen LogP contribution < -0.4 is 0 Å². The standard InChI is InChI=1S/C10H18Cl2O/c1-3-10(4-2,9(12)13)7-5-6-8-11/h3-8H2,1-2H3. The largest absolute Gasteiger partial charge is 0.281 e. The second-order valence-corrected chi connectivity index (χ2v) is 4.13. The second-order valence-electron chi connectivity index (χ2n) is 3.41. The molecule has 0 rings (SSSR count). The average molecular weight is 225 g/mol. The van der Waals surface area contributed by atoms with Gasteiger partial charge in [0.05, 0.1) is 0 Å². The molecule has 0 aliphatic carbocycles. The summed E-state index contributed by atoms with van der Waals surface area (Å²) in [5, 5.41) is -0.188. The van der Waals surface area contributed by atoms with Crippen molar-refractivity contribution < 1.29 is 4.79 Å². The fourth-order valence-electron chi connectivity index (χ4n) is 1.54. The zero-order valence-corrected chi connectivity index (χ0v) is 9.92. The van der Waals surface area contributed by atoms with E-state index in [-0.39, 0.29) is 10.7 Å². The Morgan fingerprint density at radius 1 is 1.23 bits per heavy atom. The van der Waals surface area contributed by atoms with Gasteiger partial charge in [-0.05, 0) is 37.3 Å². The zero-order valence-electron chi connectivity index (χ0n) is 8.41. The number of hydrogen-bond acceptors (Lipinski definition) is 1. The zero-order chi connectivity index (χ0) is 10.3. The maximum absolute atomic E-state index is 11.3. The van der Waals surface area contributed by atoms with Crippen molar-refractivity contribution in [3.63, 3.8) is 0 Å². The van der Waals surface area contributed by atoms with Gasteiger partial charge in [-0.1, -0.05) is 20.3 Å². The van der Waals surface area contributed by atoms with E-state index >= 15 is 0 Å². The molecule has 0 aromatic rings. The van der Waals surface area contributed by atoms with Gasteiger partial charge >= 0.3 is 0 Å². The highest BCUT2D eigenvalue weighted by molar-refractivity contribution is 6.64. The molecule has 0 saturated carbocycles. The Hall–Kier alpha value is 0.250. The number of rotatable bonds is 7.